The highest BCUT2D eigenvalue weighted by Gasteiger charge is 2.34. The Labute approximate surface area is 127 Å². The predicted octanol–water partition coefficient (Wildman–Crippen LogP) is 2.63. The van der Waals surface area contributed by atoms with Gasteiger partial charge in [0, 0.05) is 23.2 Å². The molecule has 4 nitrogen and oxygen atoms in total. The van der Waals surface area contributed by atoms with E-state index in [0.29, 0.717) is 0 Å². The molecule has 1 aromatic carbocycles. The molecule has 1 aliphatic rings. The van der Waals surface area contributed by atoms with Crippen molar-refractivity contribution in [2.75, 3.05) is 19.8 Å². The number of morpholine rings is 1. The number of nitrogens with zero attached hydrogens (tertiary/aromatic N) is 1. The molecule has 112 valence electrons. The highest BCUT2D eigenvalue weighted by molar-refractivity contribution is 7.89. The van der Waals surface area contributed by atoms with Gasteiger partial charge >= 0.3 is 0 Å². The largest absolute Gasteiger partial charge is 0.378 e. The van der Waals surface area contributed by atoms with Crippen LogP contribution >= 0.6 is 23.2 Å². The van der Waals surface area contributed by atoms with Gasteiger partial charge in [-0.15, -0.1) is 11.6 Å². The van der Waals surface area contributed by atoms with Crippen molar-refractivity contribution in [3.05, 3.63) is 28.5 Å². The lowest BCUT2D eigenvalue weighted by atomic mass is 10.2. The van der Waals surface area contributed by atoms with Crippen molar-refractivity contribution in [3.8, 4) is 0 Å². The van der Waals surface area contributed by atoms with E-state index >= 15 is 0 Å². The molecule has 1 heterocycles. The third-order valence-electron chi connectivity index (χ3n) is 3.12. The smallest absolute Gasteiger partial charge is 0.246 e. The summed E-state index contributed by atoms with van der Waals surface area (Å²) in [7, 11) is -3.96. The van der Waals surface area contributed by atoms with Crippen molar-refractivity contribution in [1.82, 2.24) is 4.31 Å². The topological polar surface area (TPSA) is 46.6 Å². The summed E-state index contributed by atoms with van der Waals surface area (Å²) in [5.74, 6) is -0.990. The Kier molecular flexibility index (Phi) is 4.92. The number of sulfonamides is 1. The summed E-state index contributed by atoms with van der Waals surface area (Å²) in [6.45, 7) is 2.46. The molecule has 20 heavy (non-hydrogen) atoms. The Balaban J connectivity index is 2.51. The monoisotopic (exact) mass is 341 g/mol. The number of rotatable bonds is 3. The second-order valence-corrected chi connectivity index (χ2v) is 7.11. The first-order chi connectivity index (χ1) is 9.37. The van der Waals surface area contributed by atoms with Crippen LogP contribution in [0.15, 0.2) is 17.0 Å². The number of alkyl halides is 1. The van der Waals surface area contributed by atoms with Crippen molar-refractivity contribution in [1.29, 1.82) is 0 Å². The highest BCUT2D eigenvalue weighted by Crippen LogP contribution is 2.28. The highest BCUT2D eigenvalue weighted by atomic mass is 35.5. The molecule has 0 aromatic heterocycles. The summed E-state index contributed by atoms with van der Waals surface area (Å²) in [5.41, 5.74) is 0.0682. The Morgan fingerprint density at radius 3 is 2.80 bits per heavy atom. The second kappa shape index (κ2) is 6.15. The SMILES string of the molecule is CC1COCCN1S(=O)(=O)c1cc(Cl)cc(CCl)c1F. The number of hydrogen-bond acceptors (Lipinski definition) is 3. The molecule has 1 aromatic rings. The summed E-state index contributed by atoms with van der Waals surface area (Å²) in [5, 5.41) is 0.140. The van der Waals surface area contributed by atoms with E-state index < -0.39 is 20.7 Å². The lowest BCUT2D eigenvalue weighted by Gasteiger charge is -2.32. The van der Waals surface area contributed by atoms with Gasteiger partial charge in [0.25, 0.3) is 0 Å². The summed E-state index contributed by atoms with van der Waals surface area (Å²) in [4.78, 5) is -0.436. The summed E-state index contributed by atoms with van der Waals surface area (Å²) in [6, 6.07) is 2.09. The first-order valence-electron chi connectivity index (χ1n) is 6.01. The van der Waals surface area contributed by atoms with Crippen LogP contribution in [0.5, 0.6) is 0 Å². The number of ether oxygens (including phenoxy) is 1. The molecular formula is C12H14Cl2FNO3S. The summed E-state index contributed by atoms with van der Waals surface area (Å²) >= 11 is 11.5. The Morgan fingerprint density at radius 2 is 2.20 bits per heavy atom. The Bertz CT molecular complexity index is 609. The molecule has 0 amide bonds. The molecule has 0 spiro atoms. The van der Waals surface area contributed by atoms with Gasteiger partial charge < -0.3 is 4.74 Å². The minimum absolute atomic E-state index is 0.0682. The quantitative estimate of drug-likeness (QED) is 0.794. The molecular weight excluding hydrogens is 328 g/mol. The van der Waals surface area contributed by atoms with Crippen molar-refractivity contribution in [2.24, 2.45) is 0 Å². The molecule has 0 radical (unpaired) electrons. The maximum absolute atomic E-state index is 14.3. The van der Waals surface area contributed by atoms with Crippen LogP contribution < -0.4 is 0 Å². The molecule has 0 saturated carbocycles. The number of hydrogen-bond donors (Lipinski definition) is 0. The third-order valence-corrected chi connectivity index (χ3v) is 5.64. The molecule has 1 aliphatic heterocycles. The number of halogens is 3. The molecule has 0 aliphatic carbocycles. The van der Waals surface area contributed by atoms with Crippen LogP contribution in [0.2, 0.25) is 5.02 Å². The van der Waals surface area contributed by atoms with Gasteiger partial charge in [-0.1, -0.05) is 11.6 Å². The van der Waals surface area contributed by atoms with Crippen molar-refractivity contribution in [2.45, 2.75) is 23.7 Å². The standard InChI is InChI=1S/C12H14Cl2FNO3S/c1-8-7-19-3-2-16(8)20(17,18)11-5-10(14)4-9(6-13)12(11)15/h4-5,8H,2-3,6-7H2,1H3. The van der Waals surface area contributed by atoms with E-state index in [-0.39, 0.29) is 42.3 Å². The molecule has 1 atom stereocenters. The van der Waals surface area contributed by atoms with Crippen molar-refractivity contribution < 1.29 is 17.5 Å². The Morgan fingerprint density at radius 1 is 1.50 bits per heavy atom. The van der Waals surface area contributed by atoms with E-state index in [2.05, 4.69) is 0 Å². The van der Waals surface area contributed by atoms with Gasteiger partial charge in [0.2, 0.25) is 10.0 Å². The molecule has 1 fully saturated rings. The van der Waals surface area contributed by atoms with Crippen LogP contribution in [0.1, 0.15) is 12.5 Å². The zero-order valence-electron chi connectivity index (χ0n) is 10.8. The molecule has 1 unspecified atom stereocenters. The molecule has 1 saturated heterocycles. The van der Waals surface area contributed by atoms with E-state index in [1.807, 2.05) is 0 Å². The van der Waals surface area contributed by atoms with E-state index in [1.165, 1.54) is 10.4 Å². The van der Waals surface area contributed by atoms with Crippen LogP contribution in [-0.4, -0.2) is 38.5 Å². The molecule has 0 bridgehead atoms. The Hall–Kier alpha value is -0.400. The lowest BCUT2D eigenvalue weighted by Crippen LogP contribution is -2.47. The maximum Gasteiger partial charge on any atom is 0.246 e. The van der Waals surface area contributed by atoms with Crippen LogP contribution in [0, 0.1) is 5.82 Å². The van der Waals surface area contributed by atoms with E-state index in [1.54, 1.807) is 6.92 Å². The van der Waals surface area contributed by atoms with Gasteiger partial charge in [-0.2, -0.15) is 4.31 Å². The first-order valence-corrected chi connectivity index (χ1v) is 8.36. The van der Waals surface area contributed by atoms with Crippen LogP contribution in [-0.2, 0) is 20.6 Å². The van der Waals surface area contributed by atoms with Crippen molar-refractivity contribution in [3.63, 3.8) is 0 Å². The van der Waals surface area contributed by atoms with Gasteiger partial charge in [0.1, 0.15) is 10.7 Å². The fraction of sp³-hybridized carbons (Fsp3) is 0.500. The lowest BCUT2D eigenvalue weighted by molar-refractivity contribution is 0.0392. The zero-order valence-corrected chi connectivity index (χ0v) is 13.1. The maximum atomic E-state index is 14.3. The minimum atomic E-state index is -3.96. The van der Waals surface area contributed by atoms with E-state index in [0.717, 1.165) is 6.07 Å². The average molecular weight is 342 g/mol. The molecule has 2 rings (SSSR count). The van der Waals surface area contributed by atoms with Gasteiger partial charge in [-0.05, 0) is 19.1 Å². The van der Waals surface area contributed by atoms with E-state index in [4.69, 9.17) is 27.9 Å². The van der Waals surface area contributed by atoms with Gasteiger partial charge in [0.05, 0.1) is 19.1 Å². The van der Waals surface area contributed by atoms with Crippen LogP contribution in [0.25, 0.3) is 0 Å². The first kappa shape index (κ1) is 16.0. The van der Waals surface area contributed by atoms with Crippen LogP contribution in [0.3, 0.4) is 0 Å². The fourth-order valence-electron chi connectivity index (χ4n) is 2.10. The second-order valence-electron chi connectivity index (χ2n) is 4.55. The summed E-state index contributed by atoms with van der Waals surface area (Å²) in [6.07, 6.45) is 0. The van der Waals surface area contributed by atoms with Gasteiger partial charge in [-0.3, -0.25) is 0 Å². The number of benzene rings is 1. The summed E-state index contributed by atoms with van der Waals surface area (Å²) < 4.78 is 45.8. The fourth-order valence-corrected chi connectivity index (χ4v) is 4.33. The van der Waals surface area contributed by atoms with Gasteiger partial charge in [-0.25, -0.2) is 12.8 Å². The predicted molar refractivity (Wildman–Crippen MR) is 75.1 cm³/mol. The van der Waals surface area contributed by atoms with E-state index in [9.17, 15) is 12.8 Å². The molecule has 8 heteroatoms. The third kappa shape index (κ3) is 2.94. The van der Waals surface area contributed by atoms with Gasteiger partial charge in [0.15, 0.2) is 0 Å². The average Bonchev–Trinajstić information content (AvgIpc) is 2.41. The van der Waals surface area contributed by atoms with Crippen LogP contribution in [0.4, 0.5) is 4.39 Å². The molecule has 0 N–H and O–H groups in total. The normalized spacial score (nSPS) is 21.1. The minimum Gasteiger partial charge on any atom is -0.378 e. The van der Waals surface area contributed by atoms with Crippen molar-refractivity contribution >= 4 is 33.2 Å². The zero-order chi connectivity index (χ0) is 14.9.